The second kappa shape index (κ2) is 65.6. The number of esters is 3. The van der Waals surface area contributed by atoms with Gasteiger partial charge in [-0.25, -0.2) is 0 Å². The molecule has 0 fully saturated rings. The van der Waals surface area contributed by atoms with Gasteiger partial charge in [-0.3, -0.25) is 14.4 Å². The van der Waals surface area contributed by atoms with Gasteiger partial charge in [0, 0.05) is 19.3 Å². The first-order valence-electron chi connectivity index (χ1n) is 32.9. The number of hydrogen-bond acceptors (Lipinski definition) is 6. The molecule has 6 heteroatoms. The molecule has 6 nitrogen and oxygen atoms in total. The molecule has 0 aromatic carbocycles. The molecule has 1 atom stereocenters. The Morgan fingerprint density at radius 1 is 0.269 bits per heavy atom. The van der Waals surface area contributed by atoms with Gasteiger partial charge in [0.1, 0.15) is 13.2 Å². The van der Waals surface area contributed by atoms with Crippen molar-refractivity contribution in [2.45, 2.75) is 316 Å². The highest BCUT2D eigenvalue weighted by molar-refractivity contribution is 5.71. The van der Waals surface area contributed by atoms with Crippen LogP contribution < -0.4 is 0 Å². The Labute approximate surface area is 482 Å². The second-order valence-corrected chi connectivity index (χ2v) is 21.6. The molecule has 0 spiro atoms. The Bertz CT molecular complexity index is 1570. The molecule has 0 aliphatic heterocycles. The second-order valence-electron chi connectivity index (χ2n) is 21.6. The average molecular weight is 1080 g/mol. The molecule has 0 N–H and O–H groups in total. The maximum atomic E-state index is 12.9. The Balaban J connectivity index is 4.39. The highest BCUT2D eigenvalue weighted by Gasteiger charge is 2.19. The van der Waals surface area contributed by atoms with Crippen molar-refractivity contribution < 1.29 is 28.6 Å². The summed E-state index contributed by atoms with van der Waals surface area (Å²) in [5, 5.41) is 0. The van der Waals surface area contributed by atoms with Crippen molar-refractivity contribution in [1.82, 2.24) is 0 Å². The van der Waals surface area contributed by atoms with Gasteiger partial charge in [-0.1, -0.05) is 291 Å². The van der Waals surface area contributed by atoms with Crippen LogP contribution >= 0.6 is 0 Å². The van der Waals surface area contributed by atoms with Crippen LogP contribution in [0.25, 0.3) is 0 Å². The van der Waals surface area contributed by atoms with Crippen LogP contribution in [0.3, 0.4) is 0 Å². The van der Waals surface area contributed by atoms with Crippen molar-refractivity contribution in [3.63, 3.8) is 0 Å². The molecule has 1 unspecified atom stereocenters. The predicted molar refractivity (Wildman–Crippen MR) is 339 cm³/mol. The SMILES string of the molecule is CC/C=C\C/C=C\C/C=C\C/C=C\C/C=C\C/C=C\C/C=C\C/C=C\CCCCCCC(=O)OCC(COC(=O)CCCCCCCCCCCCCCCCC)OC(=O)CCCCCCC/C=C\CCCCCCCCC. The van der Waals surface area contributed by atoms with E-state index in [1.165, 1.54) is 135 Å². The van der Waals surface area contributed by atoms with Crippen LogP contribution in [0, 0.1) is 0 Å². The van der Waals surface area contributed by atoms with Gasteiger partial charge in [-0.05, 0) is 109 Å². The normalized spacial score (nSPS) is 12.8. The van der Waals surface area contributed by atoms with E-state index in [2.05, 4.69) is 130 Å². The van der Waals surface area contributed by atoms with Crippen LogP contribution in [0.15, 0.2) is 109 Å². The minimum atomic E-state index is -0.794. The van der Waals surface area contributed by atoms with Gasteiger partial charge >= 0.3 is 17.9 Å². The lowest BCUT2D eigenvalue weighted by atomic mass is 10.0. The van der Waals surface area contributed by atoms with E-state index < -0.39 is 6.10 Å². The topological polar surface area (TPSA) is 78.9 Å². The lowest BCUT2D eigenvalue weighted by Crippen LogP contribution is -2.30. The first kappa shape index (κ1) is 74.1. The molecule has 0 aromatic rings. The standard InChI is InChI=1S/C72H122O6/c1-4-7-10-13-16-19-22-25-28-30-31-32-33-34-35-36-37-38-39-40-41-42-45-47-50-53-56-59-62-65-71(74)77-68-69(67-76-70(73)64-61-58-55-52-49-46-43-27-24-21-18-15-12-9-6-3)78-72(75)66-63-60-57-54-51-48-44-29-26-23-20-17-14-11-8-5-2/h7,10,16,19,25,28-29,31-32,34-35,37-38,40-41,44-45,47,69H,4-6,8-9,11-15,17-18,20-24,26-27,30,33,36,39,42-43,46,48-68H2,1-3H3/b10-7-,19-16-,28-25-,32-31-,35-34-,38-37-,41-40-,44-29-,47-45-. The predicted octanol–water partition coefficient (Wildman–Crippen LogP) is 22.6. The van der Waals surface area contributed by atoms with E-state index in [4.69, 9.17) is 14.2 Å². The summed E-state index contributed by atoms with van der Waals surface area (Å²) in [5.74, 6) is -0.912. The molecule has 0 heterocycles. The quantitative estimate of drug-likeness (QED) is 0.0261. The van der Waals surface area contributed by atoms with Crippen molar-refractivity contribution >= 4 is 17.9 Å². The van der Waals surface area contributed by atoms with Gasteiger partial charge < -0.3 is 14.2 Å². The van der Waals surface area contributed by atoms with Crippen molar-refractivity contribution in [3.8, 4) is 0 Å². The molecule has 0 rings (SSSR count). The van der Waals surface area contributed by atoms with E-state index in [9.17, 15) is 14.4 Å². The highest BCUT2D eigenvalue weighted by Crippen LogP contribution is 2.16. The van der Waals surface area contributed by atoms with Gasteiger partial charge in [-0.2, -0.15) is 0 Å². The zero-order chi connectivity index (χ0) is 56.4. The molecule has 0 aliphatic carbocycles. The summed E-state index contributed by atoms with van der Waals surface area (Å²) < 4.78 is 16.9. The fourth-order valence-electron chi connectivity index (χ4n) is 9.10. The molecule has 0 saturated carbocycles. The number of allylic oxidation sites excluding steroid dienone is 18. The first-order chi connectivity index (χ1) is 38.5. The third-order valence-electron chi connectivity index (χ3n) is 14.0. The lowest BCUT2D eigenvalue weighted by molar-refractivity contribution is -0.167. The van der Waals surface area contributed by atoms with E-state index in [1.807, 2.05) is 0 Å². The molecule has 446 valence electrons. The largest absolute Gasteiger partial charge is 0.462 e. The zero-order valence-corrected chi connectivity index (χ0v) is 51.2. The molecule has 0 radical (unpaired) electrons. The lowest BCUT2D eigenvalue weighted by Gasteiger charge is -2.18. The molecule has 78 heavy (non-hydrogen) atoms. The molecular formula is C72H122O6. The van der Waals surface area contributed by atoms with E-state index in [-0.39, 0.29) is 31.1 Å². The van der Waals surface area contributed by atoms with Crippen LogP contribution in [-0.2, 0) is 28.6 Å². The van der Waals surface area contributed by atoms with Gasteiger partial charge in [0.05, 0.1) is 0 Å². The number of hydrogen-bond donors (Lipinski definition) is 0. The number of ether oxygens (including phenoxy) is 3. The van der Waals surface area contributed by atoms with Gasteiger partial charge in [0.2, 0.25) is 0 Å². The smallest absolute Gasteiger partial charge is 0.306 e. The van der Waals surface area contributed by atoms with Crippen LogP contribution in [0.5, 0.6) is 0 Å². The fourth-order valence-corrected chi connectivity index (χ4v) is 9.10. The summed E-state index contributed by atoms with van der Waals surface area (Å²) in [4.78, 5) is 38.3. The van der Waals surface area contributed by atoms with E-state index in [0.29, 0.717) is 19.3 Å². The monoisotopic (exact) mass is 1080 g/mol. The summed E-state index contributed by atoms with van der Waals surface area (Å²) in [5.41, 5.74) is 0. The van der Waals surface area contributed by atoms with Crippen molar-refractivity contribution in [2.24, 2.45) is 0 Å². The fraction of sp³-hybridized carbons (Fsp3) is 0.708. The molecule has 0 aromatic heterocycles. The summed E-state index contributed by atoms with van der Waals surface area (Å²) in [6.07, 6.45) is 89.5. The first-order valence-corrected chi connectivity index (χ1v) is 32.9. The molecular weight excluding hydrogens is 961 g/mol. The minimum Gasteiger partial charge on any atom is -0.462 e. The van der Waals surface area contributed by atoms with Crippen LogP contribution in [0.2, 0.25) is 0 Å². The molecule has 0 bridgehead atoms. The maximum Gasteiger partial charge on any atom is 0.306 e. The maximum absolute atomic E-state index is 12.9. The number of carbonyl (C=O) groups excluding carboxylic acids is 3. The molecule has 0 aliphatic rings. The van der Waals surface area contributed by atoms with E-state index in [1.54, 1.807) is 0 Å². The highest BCUT2D eigenvalue weighted by atomic mass is 16.6. The zero-order valence-electron chi connectivity index (χ0n) is 51.2. The Kier molecular flexibility index (Phi) is 62.3. The summed E-state index contributed by atoms with van der Waals surface area (Å²) in [7, 11) is 0. The summed E-state index contributed by atoms with van der Waals surface area (Å²) in [6, 6.07) is 0. The third-order valence-corrected chi connectivity index (χ3v) is 14.0. The Hall–Kier alpha value is -3.93. The van der Waals surface area contributed by atoms with Crippen LogP contribution in [0.4, 0.5) is 0 Å². The van der Waals surface area contributed by atoms with Crippen LogP contribution in [-0.4, -0.2) is 37.2 Å². The molecule has 0 saturated heterocycles. The summed E-state index contributed by atoms with van der Waals surface area (Å²) >= 11 is 0. The minimum absolute atomic E-state index is 0.0874. The number of rotatable bonds is 59. The third kappa shape index (κ3) is 62.9. The Morgan fingerprint density at radius 3 is 0.795 bits per heavy atom. The van der Waals surface area contributed by atoms with Gasteiger partial charge in [0.15, 0.2) is 6.10 Å². The molecule has 0 amide bonds. The van der Waals surface area contributed by atoms with Gasteiger partial charge in [-0.15, -0.1) is 0 Å². The van der Waals surface area contributed by atoms with E-state index in [0.717, 1.165) is 135 Å². The number of carbonyl (C=O) groups is 3. The number of unbranched alkanes of at least 4 members (excludes halogenated alkanes) is 30. The van der Waals surface area contributed by atoms with Crippen molar-refractivity contribution in [1.29, 1.82) is 0 Å². The van der Waals surface area contributed by atoms with Crippen molar-refractivity contribution in [3.05, 3.63) is 109 Å². The van der Waals surface area contributed by atoms with Crippen molar-refractivity contribution in [2.75, 3.05) is 13.2 Å². The Morgan fingerprint density at radius 2 is 0.500 bits per heavy atom. The van der Waals surface area contributed by atoms with Gasteiger partial charge in [0.25, 0.3) is 0 Å². The van der Waals surface area contributed by atoms with E-state index >= 15 is 0 Å². The summed E-state index contributed by atoms with van der Waals surface area (Å²) in [6.45, 7) is 6.52. The van der Waals surface area contributed by atoms with Crippen LogP contribution in [0.1, 0.15) is 310 Å². The average Bonchev–Trinajstić information content (AvgIpc) is 3.44.